The van der Waals surface area contributed by atoms with Crippen molar-refractivity contribution in [1.82, 2.24) is 5.32 Å². The van der Waals surface area contributed by atoms with Crippen molar-refractivity contribution in [1.29, 1.82) is 0 Å². The summed E-state index contributed by atoms with van der Waals surface area (Å²) in [5.74, 6) is -8.10. The van der Waals surface area contributed by atoms with Crippen LogP contribution >= 0.6 is 0 Å². The lowest BCUT2D eigenvalue weighted by Crippen LogP contribution is -2.60. The normalized spacial score (nSPS) is 35.5. The van der Waals surface area contributed by atoms with Crippen molar-refractivity contribution in [2.45, 2.75) is 37.3 Å². The number of aromatic hydroxyl groups is 1. The third-order valence-corrected chi connectivity index (χ3v) is 8.61. The van der Waals surface area contributed by atoms with Gasteiger partial charge in [-0.25, -0.2) is 4.39 Å². The van der Waals surface area contributed by atoms with E-state index in [9.17, 15) is 34.8 Å². The summed E-state index contributed by atoms with van der Waals surface area (Å²) in [5.41, 5.74) is -0.0598. The first-order chi connectivity index (χ1) is 16.5. The summed E-state index contributed by atoms with van der Waals surface area (Å²) in [5, 5.41) is 47.4. The Bertz CT molecular complexity index is 1370. The van der Waals surface area contributed by atoms with Crippen molar-refractivity contribution in [3.05, 3.63) is 57.6 Å². The van der Waals surface area contributed by atoms with Gasteiger partial charge in [0.25, 0.3) is 5.91 Å². The zero-order valence-corrected chi connectivity index (χ0v) is 18.5. The van der Waals surface area contributed by atoms with Gasteiger partial charge in [-0.1, -0.05) is 12.2 Å². The Balaban J connectivity index is 1.56. The number of nitrogens with one attached hydrogen (secondary N) is 1. The molecule has 2 saturated carbocycles. The average Bonchev–Trinajstić information content (AvgIpc) is 3.12. The average molecular weight is 482 g/mol. The highest BCUT2D eigenvalue weighted by atomic mass is 19.1. The number of rotatable bonds is 2. The summed E-state index contributed by atoms with van der Waals surface area (Å²) in [6.07, 6.45) is 1.33. The predicted molar refractivity (Wildman–Crippen MR) is 118 cm³/mol. The maximum Gasteiger partial charge on any atom is 0.255 e. The van der Waals surface area contributed by atoms with E-state index in [4.69, 9.17) is 5.73 Å². The summed E-state index contributed by atoms with van der Waals surface area (Å²) < 4.78 is 15.7. The van der Waals surface area contributed by atoms with Crippen LogP contribution in [-0.2, 0) is 20.8 Å². The Kier molecular flexibility index (Phi) is 4.14. The van der Waals surface area contributed by atoms with Crippen LogP contribution in [0.15, 0.2) is 35.1 Å². The first-order valence-electron chi connectivity index (χ1n) is 11.4. The lowest BCUT2D eigenvalue weighted by molar-refractivity contribution is -0.149. The Hall–Kier alpha value is -3.50. The van der Waals surface area contributed by atoms with E-state index in [1.54, 1.807) is 0 Å². The number of carbonyl (C=O) groups is 3. The highest BCUT2D eigenvalue weighted by Crippen LogP contribution is 2.74. The highest BCUT2D eigenvalue weighted by molar-refractivity contribution is 6.27. The molecule has 10 heteroatoms. The van der Waals surface area contributed by atoms with E-state index in [1.165, 1.54) is 6.07 Å². The molecular weight excluding hydrogens is 459 g/mol. The number of carbonyl (C=O) groups excluding carboxylic acids is 3. The van der Waals surface area contributed by atoms with Crippen LogP contribution in [0.25, 0.3) is 5.76 Å². The van der Waals surface area contributed by atoms with E-state index in [2.05, 4.69) is 11.9 Å². The van der Waals surface area contributed by atoms with Gasteiger partial charge in [-0.2, -0.15) is 0 Å². The van der Waals surface area contributed by atoms with E-state index in [-0.39, 0.29) is 46.7 Å². The first-order valence-corrected chi connectivity index (χ1v) is 11.4. The summed E-state index contributed by atoms with van der Waals surface area (Å²) in [6, 6.07) is 0.923. The number of aliphatic hydroxyl groups is 3. The van der Waals surface area contributed by atoms with Gasteiger partial charge in [-0.15, -0.1) is 0 Å². The molecule has 182 valence electrons. The minimum Gasteiger partial charge on any atom is -0.508 e. The third kappa shape index (κ3) is 2.31. The van der Waals surface area contributed by atoms with Crippen LogP contribution in [0.1, 0.15) is 42.0 Å². The molecule has 4 aliphatic carbocycles. The van der Waals surface area contributed by atoms with Crippen LogP contribution in [0.2, 0.25) is 0 Å². The maximum atomic E-state index is 15.7. The molecule has 1 saturated heterocycles. The molecule has 5 atom stereocenters. The smallest absolute Gasteiger partial charge is 0.255 e. The first kappa shape index (κ1) is 22.0. The summed E-state index contributed by atoms with van der Waals surface area (Å²) in [6.45, 7) is 4.53. The molecule has 0 bridgehead atoms. The van der Waals surface area contributed by atoms with Gasteiger partial charge in [0.15, 0.2) is 11.4 Å². The molecular formula is C25H23FN2O7. The van der Waals surface area contributed by atoms with E-state index < -0.39 is 69.0 Å². The van der Waals surface area contributed by atoms with Gasteiger partial charge in [0, 0.05) is 28.2 Å². The van der Waals surface area contributed by atoms with E-state index in [0.717, 1.165) is 6.42 Å². The van der Waals surface area contributed by atoms with Gasteiger partial charge in [0.05, 0.1) is 11.5 Å². The molecule has 1 spiro atoms. The van der Waals surface area contributed by atoms with Crippen LogP contribution < -0.4 is 11.1 Å². The molecule has 0 aromatic heterocycles. The number of benzene rings is 1. The molecule has 0 radical (unpaired) electrons. The molecule has 1 aromatic carbocycles. The van der Waals surface area contributed by atoms with Gasteiger partial charge in [-0.3, -0.25) is 14.4 Å². The van der Waals surface area contributed by atoms with Crippen molar-refractivity contribution in [3.63, 3.8) is 0 Å². The van der Waals surface area contributed by atoms with E-state index >= 15 is 4.39 Å². The fraction of sp³-hybridized carbons (Fsp3) is 0.400. The Morgan fingerprint density at radius 2 is 1.97 bits per heavy atom. The summed E-state index contributed by atoms with van der Waals surface area (Å²) >= 11 is 0. The number of Topliss-reactive ketones (excluding diaryl/α,β-unsaturated/α-hetero) is 2. The Morgan fingerprint density at radius 3 is 2.60 bits per heavy atom. The number of hydrogen-bond donors (Lipinski definition) is 6. The lowest BCUT2D eigenvalue weighted by Gasteiger charge is -2.46. The number of primary amides is 1. The molecule has 1 amide bonds. The number of ketones is 2. The largest absolute Gasteiger partial charge is 0.508 e. The molecule has 1 aliphatic heterocycles. The quantitative estimate of drug-likeness (QED) is 0.269. The molecule has 7 N–H and O–H groups in total. The van der Waals surface area contributed by atoms with Gasteiger partial charge < -0.3 is 31.5 Å². The molecule has 1 aromatic rings. The van der Waals surface area contributed by atoms with Gasteiger partial charge in [-0.05, 0) is 44.2 Å². The number of aliphatic hydroxyl groups excluding tert-OH is 2. The monoisotopic (exact) mass is 482 g/mol. The van der Waals surface area contributed by atoms with Gasteiger partial charge >= 0.3 is 0 Å². The second-order valence-electron chi connectivity index (χ2n) is 10.1. The Labute approximate surface area is 198 Å². The van der Waals surface area contributed by atoms with Crippen molar-refractivity contribution < 1.29 is 39.2 Å². The number of phenols is 1. The zero-order chi connectivity index (χ0) is 25.2. The second-order valence-corrected chi connectivity index (χ2v) is 10.1. The predicted octanol–water partition coefficient (Wildman–Crippen LogP) is 1.15. The van der Waals surface area contributed by atoms with Crippen molar-refractivity contribution in [2.24, 2.45) is 23.0 Å². The number of halogens is 1. The zero-order valence-electron chi connectivity index (χ0n) is 18.5. The fourth-order valence-electron chi connectivity index (χ4n) is 6.97. The molecule has 35 heavy (non-hydrogen) atoms. The maximum absolute atomic E-state index is 15.7. The fourth-order valence-corrected chi connectivity index (χ4v) is 6.97. The van der Waals surface area contributed by atoms with Gasteiger partial charge in [0.1, 0.15) is 28.7 Å². The molecule has 9 nitrogen and oxygen atoms in total. The lowest BCUT2D eigenvalue weighted by atomic mass is 9.57. The minimum absolute atomic E-state index is 0.0390. The van der Waals surface area contributed by atoms with Crippen LogP contribution in [0, 0.1) is 23.1 Å². The SMILES string of the molecule is C=C1C2C(=O)C(C(N)=O)=C(O)[C@@]3(O)C(=O)C4=C(O)c5c(O)cc(C6CCCN6)c(F)c5C[C@H]4C[C@@]123. The van der Waals surface area contributed by atoms with Crippen molar-refractivity contribution in [2.75, 3.05) is 6.54 Å². The third-order valence-electron chi connectivity index (χ3n) is 8.61. The minimum atomic E-state index is -2.74. The summed E-state index contributed by atoms with van der Waals surface area (Å²) in [7, 11) is 0. The van der Waals surface area contributed by atoms with E-state index in [1.807, 2.05) is 0 Å². The molecule has 5 aliphatic rings. The van der Waals surface area contributed by atoms with Gasteiger partial charge in [0.2, 0.25) is 5.78 Å². The molecule has 6 rings (SSSR count). The van der Waals surface area contributed by atoms with Crippen molar-refractivity contribution in [3.8, 4) is 5.75 Å². The summed E-state index contributed by atoms with van der Waals surface area (Å²) in [4.78, 5) is 38.5. The van der Waals surface area contributed by atoms with Crippen molar-refractivity contribution >= 4 is 23.2 Å². The number of nitrogens with two attached hydrogens (primary N) is 1. The topological polar surface area (TPSA) is 170 Å². The second kappa shape index (κ2) is 6.58. The molecule has 2 unspecified atom stereocenters. The standard InChI is InChI=1S/C25H23FN2O7/c1-8-17-20(31)16(23(27)34)22(33)25(35)21(32)14-9(7-24(8,17)25)5-11-15(19(14)30)13(29)6-10(18(11)26)12-3-2-4-28-12/h6,9,12,17,28-30,33,35H,1-5,7H2,(H2,27,34)/t9-,12?,17?,24+,25-/m0/s1. The highest BCUT2D eigenvalue weighted by Gasteiger charge is 2.82. The number of hydrogen-bond acceptors (Lipinski definition) is 8. The van der Waals surface area contributed by atoms with Crippen LogP contribution in [0.3, 0.4) is 0 Å². The van der Waals surface area contributed by atoms with Crippen LogP contribution in [0.5, 0.6) is 5.75 Å². The van der Waals surface area contributed by atoms with Crippen LogP contribution in [0.4, 0.5) is 4.39 Å². The van der Waals surface area contributed by atoms with Crippen LogP contribution in [-0.4, -0.2) is 50.0 Å². The van der Waals surface area contributed by atoms with E-state index in [0.29, 0.717) is 13.0 Å². The number of amides is 1. The number of fused-ring (bicyclic) bond motifs is 2. The molecule has 3 fully saturated rings. The Morgan fingerprint density at radius 1 is 1.26 bits per heavy atom. The molecule has 1 heterocycles. The number of phenolic OH excluding ortho intramolecular Hbond substituents is 1.